The van der Waals surface area contributed by atoms with Crippen molar-refractivity contribution in [3.05, 3.63) is 0 Å². The summed E-state index contributed by atoms with van der Waals surface area (Å²) in [6.07, 6.45) is 1.45. The summed E-state index contributed by atoms with van der Waals surface area (Å²) in [5, 5.41) is 10.1. The molecule has 0 aromatic heterocycles. The largest absolute Gasteiger partial charge is 0.345 e. The molecule has 0 amide bonds. The third-order valence-electron chi connectivity index (χ3n) is 3.60. The van der Waals surface area contributed by atoms with Gasteiger partial charge in [-0.1, -0.05) is 0 Å². The van der Waals surface area contributed by atoms with E-state index < -0.39 is 0 Å². The van der Waals surface area contributed by atoms with Crippen LogP contribution in [0.15, 0.2) is 0 Å². The van der Waals surface area contributed by atoms with Crippen molar-refractivity contribution in [2.24, 2.45) is 0 Å². The van der Waals surface area contributed by atoms with Crippen molar-refractivity contribution in [1.82, 2.24) is 0 Å². The van der Waals surface area contributed by atoms with Gasteiger partial charge in [-0.2, -0.15) is 0 Å². The van der Waals surface area contributed by atoms with Gasteiger partial charge in [0.15, 0.2) is 18.7 Å². The second-order valence-electron chi connectivity index (χ2n) is 4.01. The lowest BCUT2D eigenvalue weighted by Gasteiger charge is -2.44. The first-order chi connectivity index (χ1) is 6.59. The Bertz CT molecular complexity index is 176. The van der Waals surface area contributed by atoms with Crippen molar-refractivity contribution >= 4 is 0 Å². The molecule has 0 aromatic carbocycles. The summed E-state index contributed by atoms with van der Waals surface area (Å²) in [5.74, 6) is 0. The van der Waals surface area contributed by atoms with Crippen LogP contribution in [-0.4, -0.2) is 49.0 Å². The van der Waals surface area contributed by atoms with Gasteiger partial charge in [-0.05, 0) is 0 Å². The van der Waals surface area contributed by atoms with Crippen LogP contribution >= 0.6 is 0 Å². The van der Waals surface area contributed by atoms with E-state index in [1.807, 2.05) is 13.8 Å². The zero-order valence-electron chi connectivity index (χ0n) is 9.56. The van der Waals surface area contributed by atoms with E-state index in [0.29, 0.717) is 4.48 Å². The summed E-state index contributed by atoms with van der Waals surface area (Å²) < 4.78 is 11.2. The molecule has 84 valence electrons. The van der Waals surface area contributed by atoms with Crippen molar-refractivity contribution < 1.29 is 19.1 Å². The average molecular weight is 204 g/mol. The average Bonchev–Trinajstić information content (AvgIpc) is 2.59. The summed E-state index contributed by atoms with van der Waals surface area (Å²) >= 11 is 0. The fourth-order valence-electron chi connectivity index (χ4n) is 2.47. The topological polar surface area (TPSA) is 38.7 Å². The van der Waals surface area contributed by atoms with Crippen LogP contribution in [0.25, 0.3) is 0 Å². The Hall–Kier alpha value is -0.160. The van der Waals surface area contributed by atoms with Crippen molar-refractivity contribution in [1.29, 1.82) is 0 Å². The fourth-order valence-corrected chi connectivity index (χ4v) is 2.47. The van der Waals surface area contributed by atoms with Crippen LogP contribution in [0.4, 0.5) is 0 Å². The van der Waals surface area contributed by atoms with Crippen LogP contribution in [-0.2, 0) is 9.47 Å². The predicted molar refractivity (Wildman–Crippen MR) is 53.3 cm³/mol. The molecule has 0 aliphatic carbocycles. The van der Waals surface area contributed by atoms with Gasteiger partial charge in [-0.3, -0.25) is 0 Å². The zero-order chi connectivity index (χ0) is 10.8. The first-order valence-electron chi connectivity index (χ1n) is 5.20. The first kappa shape index (κ1) is 11.9. The number of likely N-dealkylation sites (tertiary alicyclic amines) is 1. The summed E-state index contributed by atoms with van der Waals surface area (Å²) in [7, 11) is 3.36. The second-order valence-corrected chi connectivity index (χ2v) is 4.01. The number of nitrogens with zero attached hydrogens (tertiary/aromatic N) is 1. The maximum absolute atomic E-state index is 10.1. The van der Waals surface area contributed by atoms with Gasteiger partial charge in [0.05, 0.1) is 6.54 Å². The molecule has 1 heterocycles. The predicted octanol–water partition coefficient (Wildman–Crippen LogP) is 0.900. The number of hydrogen-bond acceptors (Lipinski definition) is 3. The summed E-state index contributed by atoms with van der Waals surface area (Å²) in [6.45, 7) is 4.90. The highest BCUT2D eigenvalue weighted by Crippen LogP contribution is 2.32. The standard InChI is InChI=1S/C10H22NO3/c1-8(13-3)11(9(2)14-4)7-5-6-10(11)12/h8-10,12H,5-7H2,1-4H3/q+1. The number of rotatable bonds is 4. The number of ether oxygens (including phenoxy) is 2. The van der Waals surface area contributed by atoms with Gasteiger partial charge in [0.25, 0.3) is 0 Å². The van der Waals surface area contributed by atoms with Gasteiger partial charge >= 0.3 is 0 Å². The van der Waals surface area contributed by atoms with Crippen molar-refractivity contribution in [2.75, 3.05) is 20.8 Å². The van der Waals surface area contributed by atoms with Crippen molar-refractivity contribution in [3.63, 3.8) is 0 Å². The zero-order valence-corrected chi connectivity index (χ0v) is 9.56. The number of hydrogen-bond donors (Lipinski definition) is 1. The number of aliphatic hydroxyl groups is 1. The fraction of sp³-hybridized carbons (Fsp3) is 1.00. The summed E-state index contributed by atoms with van der Waals surface area (Å²) in [5.41, 5.74) is 0. The minimum Gasteiger partial charge on any atom is -0.345 e. The van der Waals surface area contributed by atoms with Gasteiger partial charge in [-0.25, -0.2) is 4.48 Å². The number of quaternary nitrogens is 1. The van der Waals surface area contributed by atoms with E-state index in [1.165, 1.54) is 0 Å². The van der Waals surface area contributed by atoms with E-state index in [0.717, 1.165) is 19.4 Å². The lowest BCUT2D eigenvalue weighted by atomic mass is 10.3. The van der Waals surface area contributed by atoms with Crippen LogP contribution in [0, 0.1) is 0 Å². The molecule has 0 bridgehead atoms. The Morgan fingerprint density at radius 3 is 2.00 bits per heavy atom. The highest BCUT2D eigenvalue weighted by molar-refractivity contribution is 4.61. The van der Waals surface area contributed by atoms with E-state index in [9.17, 15) is 5.11 Å². The van der Waals surface area contributed by atoms with Gasteiger partial charge in [-0.15, -0.1) is 0 Å². The van der Waals surface area contributed by atoms with E-state index in [1.54, 1.807) is 14.2 Å². The highest BCUT2D eigenvalue weighted by Gasteiger charge is 2.49. The molecular weight excluding hydrogens is 182 g/mol. The molecule has 0 saturated carbocycles. The SMILES string of the molecule is COC(C)[N+]1(C(C)OC)CCCC1O. The third kappa shape index (κ3) is 1.67. The number of methoxy groups -OCH3 is 2. The minimum atomic E-state index is -0.361. The Labute approximate surface area is 86.0 Å². The summed E-state index contributed by atoms with van der Waals surface area (Å²) in [6, 6.07) is 0. The van der Waals surface area contributed by atoms with E-state index in [-0.39, 0.29) is 18.7 Å². The lowest BCUT2D eigenvalue weighted by molar-refractivity contribution is -1.03. The van der Waals surface area contributed by atoms with Gasteiger partial charge in [0.1, 0.15) is 0 Å². The molecule has 1 rings (SSSR count). The smallest absolute Gasteiger partial charge is 0.194 e. The normalized spacial score (nSPS) is 37.1. The van der Waals surface area contributed by atoms with E-state index in [4.69, 9.17) is 9.47 Å². The lowest BCUT2D eigenvalue weighted by Crippen LogP contribution is -2.63. The van der Waals surface area contributed by atoms with Gasteiger partial charge < -0.3 is 14.6 Å². The Morgan fingerprint density at radius 2 is 1.71 bits per heavy atom. The van der Waals surface area contributed by atoms with Gasteiger partial charge in [0.2, 0.25) is 0 Å². The van der Waals surface area contributed by atoms with Crippen molar-refractivity contribution in [3.8, 4) is 0 Å². The van der Waals surface area contributed by atoms with Crippen LogP contribution in [0.2, 0.25) is 0 Å². The van der Waals surface area contributed by atoms with Crippen LogP contribution in [0.3, 0.4) is 0 Å². The Kier molecular flexibility index (Phi) is 3.89. The maximum atomic E-state index is 10.1. The molecular formula is C10H22NO3+. The molecule has 0 aromatic rings. The molecule has 4 nitrogen and oxygen atoms in total. The molecule has 3 atom stereocenters. The molecule has 1 saturated heterocycles. The van der Waals surface area contributed by atoms with Crippen LogP contribution in [0.5, 0.6) is 0 Å². The quantitative estimate of drug-likeness (QED) is 0.691. The molecule has 0 spiro atoms. The Morgan fingerprint density at radius 1 is 1.21 bits per heavy atom. The highest BCUT2D eigenvalue weighted by atomic mass is 16.5. The monoisotopic (exact) mass is 204 g/mol. The molecule has 4 heteroatoms. The molecule has 3 unspecified atom stereocenters. The van der Waals surface area contributed by atoms with E-state index >= 15 is 0 Å². The van der Waals surface area contributed by atoms with Crippen molar-refractivity contribution in [2.45, 2.75) is 45.4 Å². The molecule has 1 fully saturated rings. The maximum Gasteiger partial charge on any atom is 0.194 e. The number of aliphatic hydroxyl groups excluding tert-OH is 1. The minimum absolute atomic E-state index is 0.0255. The molecule has 1 aliphatic rings. The summed E-state index contributed by atoms with van der Waals surface area (Å²) in [4.78, 5) is 0. The van der Waals surface area contributed by atoms with Crippen LogP contribution < -0.4 is 0 Å². The van der Waals surface area contributed by atoms with Crippen LogP contribution in [0.1, 0.15) is 26.7 Å². The third-order valence-corrected chi connectivity index (χ3v) is 3.60. The second kappa shape index (κ2) is 4.57. The molecule has 0 radical (unpaired) electrons. The first-order valence-corrected chi connectivity index (χ1v) is 5.20. The van der Waals surface area contributed by atoms with Gasteiger partial charge in [0, 0.05) is 40.9 Å². The molecule has 1 N–H and O–H groups in total. The van der Waals surface area contributed by atoms with E-state index in [2.05, 4.69) is 0 Å². The molecule has 1 aliphatic heterocycles. The molecule has 14 heavy (non-hydrogen) atoms. The Balaban J connectivity index is 2.89.